The smallest absolute Gasteiger partial charge is 0.170 e. The highest BCUT2D eigenvalue weighted by molar-refractivity contribution is 6.17. The molecule has 2 unspecified atom stereocenters. The van der Waals surface area contributed by atoms with Gasteiger partial charge in [0.1, 0.15) is 0 Å². The summed E-state index contributed by atoms with van der Waals surface area (Å²) in [7, 11) is 0. The van der Waals surface area contributed by atoms with Crippen molar-refractivity contribution in [2.75, 3.05) is 11.4 Å². The molecule has 2 nitrogen and oxygen atoms in total. The molecule has 0 amide bonds. The maximum absolute atomic E-state index is 14.3. The Morgan fingerprint density at radius 1 is 1.33 bits per heavy atom. The molecule has 0 spiro atoms. The second-order valence-electron chi connectivity index (χ2n) is 5.34. The Morgan fingerprint density at radius 2 is 2.17 bits per heavy atom. The van der Waals surface area contributed by atoms with E-state index in [0.717, 1.165) is 12.5 Å². The van der Waals surface area contributed by atoms with Crippen molar-refractivity contribution < 1.29 is 4.39 Å². The van der Waals surface area contributed by atoms with E-state index >= 15 is 0 Å². The number of aromatic nitrogens is 1. The van der Waals surface area contributed by atoms with Crippen molar-refractivity contribution in [3.63, 3.8) is 0 Å². The van der Waals surface area contributed by atoms with Gasteiger partial charge in [-0.25, -0.2) is 9.37 Å². The van der Waals surface area contributed by atoms with Crippen molar-refractivity contribution in [1.82, 2.24) is 4.98 Å². The fourth-order valence-corrected chi connectivity index (χ4v) is 3.65. The first-order valence-corrected chi connectivity index (χ1v) is 7.30. The second-order valence-corrected chi connectivity index (χ2v) is 5.60. The number of fused-ring (bicyclic) bond motifs is 1. The van der Waals surface area contributed by atoms with Gasteiger partial charge in [0, 0.05) is 24.3 Å². The number of hydrogen-bond donors (Lipinski definition) is 0. The number of pyridine rings is 1. The minimum atomic E-state index is -0.223. The van der Waals surface area contributed by atoms with E-state index in [0.29, 0.717) is 17.4 Å². The van der Waals surface area contributed by atoms with E-state index in [9.17, 15) is 4.39 Å². The predicted molar refractivity (Wildman–Crippen MR) is 71.5 cm³/mol. The third kappa shape index (κ3) is 1.99. The Hall–Kier alpha value is -0.830. The van der Waals surface area contributed by atoms with Crippen LogP contribution in [0.4, 0.5) is 10.2 Å². The molecule has 1 aromatic rings. The summed E-state index contributed by atoms with van der Waals surface area (Å²) >= 11 is 5.76. The zero-order valence-electron chi connectivity index (χ0n) is 10.4. The van der Waals surface area contributed by atoms with Crippen LogP contribution in [-0.2, 0) is 5.88 Å². The van der Waals surface area contributed by atoms with Gasteiger partial charge in [0.05, 0.1) is 5.88 Å². The first-order valence-electron chi connectivity index (χ1n) is 6.77. The zero-order valence-corrected chi connectivity index (χ0v) is 11.2. The third-order valence-corrected chi connectivity index (χ3v) is 4.66. The average Bonchev–Trinajstić information content (AvgIpc) is 2.83. The first-order chi connectivity index (χ1) is 8.81. The quantitative estimate of drug-likeness (QED) is 0.760. The van der Waals surface area contributed by atoms with E-state index in [-0.39, 0.29) is 11.7 Å². The van der Waals surface area contributed by atoms with Crippen LogP contribution < -0.4 is 4.90 Å². The lowest BCUT2D eigenvalue weighted by Crippen LogP contribution is -2.36. The Balaban J connectivity index is 1.90. The molecule has 3 rings (SSSR count). The van der Waals surface area contributed by atoms with Gasteiger partial charge in [-0.1, -0.05) is 12.8 Å². The molecular formula is C14H18ClFN2. The van der Waals surface area contributed by atoms with E-state index in [1.165, 1.54) is 32.1 Å². The maximum atomic E-state index is 14.3. The van der Waals surface area contributed by atoms with Crippen molar-refractivity contribution in [2.24, 2.45) is 5.92 Å². The molecule has 4 heteroatoms. The molecule has 0 bridgehead atoms. The Bertz CT molecular complexity index is 438. The van der Waals surface area contributed by atoms with Gasteiger partial charge in [0.15, 0.2) is 11.6 Å². The summed E-state index contributed by atoms with van der Waals surface area (Å²) in [5.41, 5.74) is 0.556. The van der Waals surface area contributed by atoms with Crippen LogP contribution in [0.25, 0.3) is 0 Å². The molecule has 18 heavy (non-hydrogen) atoms. The molecule has 98 valence electrons. The largest absolute Gasteiger partial charge is 0.351 e. The molecule has 1 saturated heterocycles. The van der Waals surface area contributed by atoms with Crippen molar-refractivity contribution in [3.05, 3.63) is 23.6 Å². The van der Waals surface area contributed by atoms with Crippen LogP contribution in [0, 0.1) is 11.7 Å². The SMILES string of the molecule is Fc1c(CCl)ccnc1N1CCC2CCCCC21. The van der Waals surface area contributed by atoms with Gasteiger partial charge in [-0.3, -0.25) is 0 Å². The normalized spacial score (nSPS) is 27.3. The Labute approximate surface area is 112 Å². The van der Waals surface area contributed by atoms with Crippen molar-refractivity contribution >= 4 is 17.4 Å². The number of alkyl halides is 1. The molecule has 1 saturated carbocycles. The maximum Gasteiger partial charge on any atom is 0.170 e. The van der Waals surface area contributed by atoms with Gasteiger partial charge in [-0.05, 0) is 31.2 Å². The summed E-state index contributed by atoms with van der Waals surface area (Å²) < 4.78 is 14.3. The summed E-state index contributed by atoms with van der Waals surface area (Å²) in [6, 6.07) is 2.16. The lowest BCUT2D eigenvalue weighted by atomic mass is 9.85. The number of halogens is 2. The molecule has 2 fully saturated rings. The van der Waals surface area contributed by atoms with E-state index < -0.39 is 0 Å². The second kappa shape index (κ2) is 5.04. The van der Waals surface area contributed by atoms with Crippen molar-refractivity contribution in [1.29, 1.82) is 0 Å². The van der Waals surface area contributed by atoms with Gasteiger partial charge >= 0.3 is 0 Å². The number of rotatable bonds is 2. The monoisotopic (exact) mass is 268 g/mol. The Morgan fingerprint density at radius 3 is 3.00 bits per heavy atom. The molecule has 2 atom stereocenters. The first kappa shape index (κ1) is 12.2. The molecule has 2 heterocycles. The summed E-state index contributed by atoms with van der Waals surface area (Å²) in [6.45, 7) is 0.936. The fourth-order valence-electron chi connectivity index (χ4n) is 3.44. The molecule has 1 aromatic heterocycles. The van der Waals surface area contributed by atoms with Crippen LogP contribution in [0.3, 0.4) is 0 Å². The van der Waals surface area contributed by atoms with E-state index in [1.54, 1.807) is 12.3 Å². The summed E-state index contributed by atoms with van der Waals surface area (Å²) in [5, 5.41) is 0. The molecule has 0 N–H and O–H groups in total. The molecular weight excluding hydrogens is 251 g/mol. The lowest BCUT2D eigenvalue weighted by Gasteiger charge is -2.32. The molecule has 1 aliphatic carbocycles. The molecule has 0 aromatic carbocycles. The number of nitrogens with zero attached hydrogens (tertiary/aromatic N) is 2. The Kier molecular flexibility index (Phi) is 3.42. The van der Waals surface area contributed by atoms with Gasteiger partial charge in [0.25, 0.3) is 0 Å². The average molecular weight is 269 g/mol. The van der Waals surface area contributed by atoms with Crippen LogP contribution in [0.2, 0.25) is 0 Å². The number of anilines is 1. The summed E-state index contributed by atoms with van der Waals surface area (Å²) in [6.07, 6.45) is 7.90. The zero-order chi connectivity index (χ0) is 12.5. The fraction of sp³-hybridized carbons (Fsp3) is 0.643. The highest BCUT2D eigenvalue weighted by atomic mass is 35.5. The molecule has 1 aliphatic heterocycles. The van der Waals surface area contributed by atoms with E-state index in [4.69, 9.17) is 11.6 Å². The van der Waals surface area contributed by atoms with E-state index in [1.807, 2.05) is 0 Å². The van der Waals surface area contributed by atoms with Crippen molar-refractivity contribution in [2.45, 2.75) is 44.0 Å². The van der Waals surface area contributed by atoms with Crippen LogP contribution in [0.1, 0.15) is 37.7 Å². The topological polar surface area (TPSA) is 16.1 Å². The highest BCUT2D eigenvalue weighted by Crippen LogP contribution is 2.39. The van der Waals surface area contributed by atoms with Crippen LogP contribution >= 0.6 is 11.6 Å². The van der Waals surface area contributed by atoms with Gasteiger partial charge in [-0.2, -0.15) is 0 Å². The predicted octanol–water partition coefficient (Wildman–Crippen LogP) is 3.73. The minimum Gasteiger partial charge on any atom is -0.351 e. The van der Waals surface area contributed by atoms with Crippen LogP contribution in [0.5, 0.6) is 0 Å². The highest BCUT2D eigenvalue weighted by Gasteiger charge is 2.37. The summed E-state index contributed by atoms with van der Waals surface area (Å²) in [5.74, 6) is 1.24. The van der Waals surface area contributed by atoms with Crippen LogP contribution in [0.15, 0.2) is 12.3 Å². The number of hydrogen-bond acceptors (Lipinski definition) is 2. The van der Waals surface area contributed by atoms with Gasteiger partial charge in [-0.15, -0.1) is 11.6 Å². The molecule has 2 aliphatic rings. The van der Waals surface area contributed by atoms with Crippen molar-refractivity contribution in [3.8, 4) is 0 Å². The van der Waals surface area contributed by atoms with E-state index in [2.05, 4.69) is 9.88 Å². The third-order valence-electron chi connectivity index (χ3n) is 4.38. The lowest BCUT2D eigenvalue weighted by molar-refractivity contribution is 0.340. The minimum absolute atomic E-state index is 0.212. The van der Waals surface area contributed by atoms with Gasteiger partial charge in [0.2, 0.25) is 0 Å². The van der Waals surface area contributed by atoms with Gasteiger partial charge < -0.3 is 4.90 Å². The van der Waals surface area contributed by atoms with Crippen LogP contribution in [-0.4, -0.2) is 17.6 Å². The standard InChI is InChI=1S/C14H18ClFN2/c15-9-11-5-7-17-14(13(11)16)18-8-6-10-3-1-2-4-12(10)18/h5,7,10,12H,1-4,6,8-9H2. The summed E-state index contributed by atoms with van der Waals surface area (Å²) in [4.78, 5) is 6.43. The molecule has 0 radical (unpaired) electrons.